The minimum absolute atomic E-state index is 0.165. The zero-order valence-corrected chi connectivity index (χ0v) is 20.1. The minimum Gasteiger partial charge on any atom is -0.490 e. The van der Waals surface area contributed by atoms with Gasteiger partial charge in [-0.05, 0) is 61.9 Å². The average molecular weight is 500 g/mol. The molecule has 0 atom stereocenters. The summed E-state index contributed by atoms with van der Waals surface area (Å²) in [4.78, 5) is 24.0. The van der Waals surface area contributed by atoms with Gasteiger partial charge in [0.15, 0.2) is 11.5 Å². The second-order valence-electron chi connectivity index (χ2n) is 7.15. The van der Waals surface area contributed by atoms with Gasteiger partial charge in [0.2, 0.25) is 0 Å². The van der Waals surface area contributed by atoms with E-state index < -0.39 is 11.8 Å². The normalized spacial score (nSPS) is 10.7. The number of ether oxygens (including phenoxy) is 2. The highest BCUT2D eigenvalue weighted by atomic mass is 35.5. The summed E-state index contributed by atoms with van der Waals surface area (Å²) in [6, 6.07) is 17.5. The number of carbonyl (C=O) groups excluding carboxylic acids is 2. The van der Waals surface area contributed by atoms with Crippen LogP contribution < -0.4 is 20.2 Å². The summed E-state index contributed by atoms with van der Waals surface area (Å²) in [6.07, 6.45) is 1.40. The van der Waals surface area contributed by atoms with Crippen LogP contribution >= 0.6 is 23.2 Å². The molecule has 0 spiro atoms. The molecule has 0 radical (unpaired) electrons. The van der Waals surface area contributed by atoms with E-state index in [0.717, 1.165) is 5.56 Å². The van der Waals surface area contributed by atoms with Gasteiger partial charge in [-0.3, -0.25) is 9.59 Å². The second-order valence-corrected chi connectivity index (χ2v) is 7.96. The van der Waals surface area contributed by atoms with Gasteiger partial charge in [-0.15, -0.1) is 0 Å². The van der Waals surface area contributed by atoms with Crippen molar-refractivity contribution >= 4 is 46.9 Å². The van der Waals surface area contributed by atoms with Gasteiger partial charge in [-0.1, -0.05) is 47.0 Å². The Morgan fingerprint density at radius 1 is 0.941 bits per heavy atom. The van der Waals surface area contributed by atoms with E-state index in [1.165, 1.54) is 6.21 Å². The third kappa shape index (κ3) is 6.97. The van der Waals surface area contributed by atoms with Gasteiger partial charge < -0.3 is 14.8 Å². The number of halogens is 2. The topological polar surface area (TPSA) is 89.0 Å². The van der Waals surface area contributed by atoms with Crippen LogP contribution in [-0.4, -0.2) is 24.6 Å². The van der Waals surface area contributed by atoms with E-state index >= 15 is 0 Å². The first-order valence-corrected chi connectivity index (χ1v) is 11.2. The van der Waals surface area contributed by atoms with Crippen LogP contribution in [0.4, 0.5) is 5.69 Å². The molecule has 0 aliphatic carbocycles. The first-order valence-electron chi connectivity index (χ1n) is 10.4. The van der Waals surface area contributed by atoms with E-state index in [4.69, 9.17) is 32.7 Å². The molecule has 0 saturated heterocycles. The quantitative estimate of drug-likeness (QED) is 0.247. The van der Waals surface area contributed by atoms with E-state index in [2.05, 4.69) is 15.8 Å². The van der Waals surface area contributed by atoms with Crippen molar-refractivity contribution in [2.45, 2.75) is 20.5 Å². The second kappa shape index (κ2) is 12.1. The summed E-state index contributed by atoms with van der Waals surface area (Å²) < 4.78 is 11.5. The van der Waals surface area contributed by atoms with Crippen LogP contribution in [0.25, 0.3) is 0 Å². The Hall–Kier alpha value is -3.55. The predicted octanol–water partition coefficient (Wildman–Crippen LogP) is 5.37. The van der Waals surface area contributed by atoms with Crippen LogP contribution in [-0.2, 0) is 16.2 Å². The van der Waals surface area contributed by atoms with Crippen LogP contribution in [0.2, 0.25) is 10.0 Å². The molecule has 3 aromatic carbocycles. The summed E-state index contributed by atoms with van der Waals surface area (Å²) in [6.45, 7) is 4.36. The molecule has 3 aromatic rings. The van der Waals surface area contributed by atoms with E-state index in [0.29, 0.717) is 45.0 Å². The Bertz CT molecular complexity index is 1180. The van der Waals surface area contributed by atoms with Crippen molar-refractivity contribution in [3.05, 3.63) is 87.4 Å². The smallest absolute Gasteiger partial charge is 0.329 e. The molecule has 0 aromatic heterocycles. The summed E-state index contributed by atoms with van der Waals surface area (Å²) >= 11 is 12.4. The lowest BCUT2D eigenvalue weighted by Gasteiger charge is -2.14. The van der Waals surface area contributed by atoms with E-state index in [1.807, 2.05) is 26.0 Å². The van der Waals surface area contributed by atoms with Gasteiger partial charge in [0.1, 0.15) is 6.61 Å². The van der Waals surface area contributed by atoms with Crippen LogP contribution in [0.5, 0.6) is 11.5 Å². The number of anilines is 1. The Morgan fingerprint density at radius 2 is 1.65 bits per heavy atom. The number of aryl methyl sites for hydroxylation is 1. The number of amides is 2. The molecular formula is C25H23Cl2N3O4. The van der Waals surface area contributed by atoms with Crippen molar-refractivity contribution in [2.75, 3.05) is 11.9 Å². The highest BCUT2D eigenvalue weighted by Crippen LogP contribution is 2.31. The Kier molecular flexibility index (Phi) is 8.90. The van der Waals surface area contributed by atoms with Crippen molar-refractivity contribution in [1.82, 2.24) is 5.43 Å². The minimum atomic E-state index is -0.890. The molecule has 0 aliphatic heterocycles. The van der Waals surface area contributed by atoms with E-state index in [9.17, 15) is 9.59 Å². The average Bonchev–Trinajstić information content (AvgIpc) is 2.81. The molecule has 34 heavy (non-hydrogen) atoms. The first kappa shape index (κ1) is 25.1. The van der Waals surface area contributed by atoms with Crippen molar-refractivity contribution in [3.8, 4) is 11.5 Å². The molecule has 0 unspecified atom stereocenters. The zero-order valence-electron chi connectivity index (χ0n) is 18.6. The monoisotopic (exact) mass is 499 g/mol. The third-order valence-corrected chi connectivity index (χ3v) is 5.30. The molecule has 0 bridgehead atoms. The maximum Gasteiger partial charge on any atom is 0.329 e. The number of hydrogen-bond donors (Lipinski definition) is 2. The van der Waals surface area contributed by atoms with E-state index in [1.54, 1.807) is 48.5 Å². The van der Waals surface area contributed by atoms with Crippen LogP contribution in [0.15, 0.2) is 65.8 Å². The van der Waals surface area contributed by atoms with E-state index in [-0.39, 0.29) is 6.61 Å². The lowest BCUT2D eigenvalue weighted by Crippen LogP contribution is -2.32. The molecule has 2 N–H and O–H groups in total. The van der Waals surface area contributed by atoms with Crippen molar-refractivity contribution < 1.29 is 19.1 Å². The number of hydrogen-bond acceptors (Lipinski definition) is 5. The summed E-state index contributed by atoms with van der Waals surface area (Å²) in [5.74, 6) is -0.731. The van der Waals surface area contributed by atoms with Crippen molar-refractivity contribution in [3.63, 3.8) is 0 Å². The molecule has 176 valence electrons. The highest BCUT2D eigenvalue weighted by Gasteiger charge is 2.13. The molecule has 0 fully saturated rings. The predicted molar refractivity (Wildman–Crippen MR) is 134 cm³/mol. The number of rotatable bonds is 8. The molecule has 0 heterocycles. The largest absolute Gasteiger partial charge is 0.490 e. The van der Waals surface area contributed by atoms with Crippen LogP contribution in [0.1, 0.15) is 23.6 Å². The summed E-state index contributed by atoms with van der Waals surface area (Å²) in [5, 5.41) is 7.38. The number of nitrogens with zero attached hydrogens (tertiary/aromatic N) is 1. The summed E-state index contributed by atoms with van der Waals surface area (Å²) in [5.41, 5.74) is 5.07. The molecule has 7 nitrogen and oxygen atoms in total. The summed E-state index contributed by atoms with van der Waals surface area (Å²) in [7, 11) is 0. The van der Waals surface area contributed by atoms with Gasteiger partial charge >= 0.3 is 11.8 Å². The lowest BCUT2D eigenvalue weighted by atomic mass is 10.2. The highest BCUT2D eigenvalue weighted by molar-refractivity contribution is 6.39. The molecule has 9 heteroatoms. The Labute approximate surface area is 207 Å². The Morgan fingerprint density at radius 3 is 2.32 bits per heavy atom. The van der Waals surface area contributed by atoms with Gasteiger partial charge in [-0.2, -0.15) is 5.10 Å². The van der Waals surface area contributed by atoms with Crippen molar-refractivity contribution in [1.29, 1.82) is 0 Å². The fraction of sp³-hybridized carbons (Fsp3) is 0.160. The standard InChI is InChI=1S/C25H23Cl2N3O4/c1-3-33-23-13-17(9-12-22(23)34-15-19-20(26)5-4-6-21(19)27)14-28-30-25(32)24(31)29-18-10-7-16(2)8-11-18/h4-14H,3,15H2,1-2H3,(H,29,31)(H,30,32). The number of nitrogens with one attached hydrogen (secondary N) is 2. The van der Waals surface area contributed by atoms with Gasteiger partial charge in [-0.25, -0.2) is 5.43 Å². The van der Waals surface area contributed by atoms with Gasteiger partial charge in [0, 0.05) is 21.3 Å². The molecule has 2 amide bonds. The fourth-order valence-corrected chi connectivity index (χ4v) is 3.36. The van der Waals surface area contributed by atoms with Gasteiger partial charge in [0.05, 0.1) is 12.8 Å². The Balaban J connectivity index is 1.61. The van der Waals surface area contributed by atoms with Crippen LogP contribution in [0.3, 0.4) is 0 Å². The zero-order chi connectivity index (χ0) is 24.5. The van der Waals surface area contributed by atoms with Crippen molar-refractivity contribution in [2.24, 2.45) is 5.10 Å². The fourth-order valence-electron chi connectivity index (χ4n) is 2.85. The molecule has 3 rings (SSSR count). The van der Waals surface area contributed by atoms with Gasteiger partial charge in [0.25, 0.3) is 0 Å². The third-order valence-electron chi connectivity index (χ3n) is 4.60. The maximum atomic E-state index is 12.0. The SMILES string of the molecule is CCOc1cc(C=NNC(=O)C(=O)Nc2ccc(C)cc2)ccc1OCc1c(Cl)cccc1Cl. The number of benzene rings is 3. The molecule has 0 aliphatic rings. The molecule has 0 saturated carbocycles. The first-order chi connectivity index (χ1) is 16.4. The maximum absolute atomic E-state index is 12.0. The van der Waals surface area contributed by atoms with Crippen LogP contribution in [0, 0.1) is 6.92 Å². The lowest BCUT2D eigenvalue weighted by molar-refractivity contribution is -0.136. The number of hydrazone groups is 1. The number of carbonyl (C=O) groups is 2. The molecular weight excluding hydrogens is 477 g/mol.